The Morgan fingerprint density at radius 1 is 1.09 bits per heavy atom. The minimum Gasteiger partial charge on any atom is -0.310 e. The van der Waals surface area contributed by atoms with E-state index < -0.39 is 5.41 Å². The highest BCUT2D eigenvalue weighted by Crippen LogP contribution is 2.26. The smallest absolute Gasteiger partial charge is 0.230 e. The first-order valence-corrected chi connectivity index (χ1v) is 7.24. The van der Waals surface area contributed by atoms with Crippen molar-refractivity contribution in [2.24, 2.45) is 5.41 Å². The molecule has 2 aromatic rings. The summed E-state index contributed by atoms with van der Waals surface area (Å²) in [5, 5.41) is 2.94. The van der Waals surface area contributed by atoms with Gasteiger partial charge in [-0.1, -0.05) is 62.7 Å². The Morgan fingerprint density at radius 3 is 2.32 bits per heavy atom. The summed E-state index contributed by atoms with van der Waals surface area (Å²) >= 11 is 6.16. The molecule has 114 valence electrons. The third kappa shape index (κ3) is 3.52. The van der Waals surface area contributed by atoms with Gasteiger partial charge in [0.15, 0.2) is 5.78 Å². The number of hydrogen-bond acceptors (Lipinski definition) is 3. The molecule has 1 heterocycles. The van der Waals surface area contributed by atoms with E-state index in [4.69, 9.17) is 11.6 Å². The first-order valence-electron chi connectivity index (χ1n) is 6.86. The van der Waals surface area contributed by atoms with Crippen LogP contribution in [0.4, 0.5) is 5.82 Å². The van der Waals surface area contributed by atoms with Crippen molar-refractivity contribution in [3.63, 3.8) is 0 Å². The molecule has 1 N–H and O–H groups in total. The molecule has 4 nitrogen and oxygen atoms in total. The van der Waals surface area contributed by atoms with Crippen molar-refractivity contribution in [3.05, 3.63) is 58.7 Å². The summed E-state index contributed by atoms with van der Waals surface area (Å²) in [5.74, 6) is -0.325. The van der Waals surface area contributed by atoms with Gasteiger partial charge in [0.25, 0.3) is 0 Å². The summed E-state index contributed by atoms with van der Waals surface area (Å²) in [6, 6.07) is 10.3. The number of carbonyl (C=O) groups is 2. The molecule has 0 fully saturated rings. The van der Waals surface area contributed by atoms with Crippen LogP contribution in [0.3, 0.4) is 0 Å². The largest absolute Gasteiger partial charge is 0.310 e. The van der Waals surface area contributed by atoms with Gasteiger partial charge in [-0.3, -0.25) is 9.59 Å². The summed E-state index contributed by atoms with van der Waals surface area (Å²) in [6.07, 6.45) is 1.46. The predicted molar refractivity (Wildman–Crippen MR) is 87.2 cm³/mol. The zero-order chi connectivity index (χ0) is 16.3. The second-order valence-corrected chi connectivity index (χ2v) is 6.32. The predicted octanol–water partition coefficient (Wildman–Crippen LogP) is 3.95. The molecule has 22 heavy (non-hydrogen) atoms. The van der Waals surface area contributed by atoms with Crippen molar-refractivity contribution >= 4 is 29.1 Å². The molecule has 0 spiro atoms. The summed E-state index contributed by atoms with van der Waals surface area (Å²) in [6.45, 7) is 5.35. The van der Waals surface area contributed by atoms with Crippen molar-refractivity contribution in [1.82, 2.24) is 4.98 Å². The number of halogens is 1. The van der Waals surface area contributed by atoms with Crippen LogP contribution >= 0.6 is 11.6 Å². The zero-order valence-electron chi connectivity index (χ0n) is 12.7. The van der Waals surface area contributed by atoms with Gasteiger partial charge in [-0.15, -0.1) is 0 Å². The van der Waals surface area contributed by atoms with Crippen molar-refractivity contribution in [3.8, 4) is 0 Å². The highest BCUT2D eigenvalue weighted by Gasteiger charge is 2.25. The molecule has 0 bridgehead atoms. The average molecular weight is 317 g/mol. The Bertz CT molecular complexity index is 706. The molecular formula is C17H17ClN2O2. The standard InChI is InChI=1S/C17H17ClN2O2/c1-17(2,3)16(22)20-15-13(12(18)9-10-19-15)14(21)11-7-5-4-6-8-11/h4-10H,1-3H3,(H,19,20,22). The molecule has 1 amide bonds. The van der Waals surface area contributed by atoms with E-state index in [0.29, 0.717) is 5.56 Å². The number of nitrogens with zero attached hydrogens (tertiary/aromatic N) is 1. The Balaban J connectivity index is 2.44. The first kappa shape index (κ1) is 16.2. The Hall–Kier alpha value is -2.20. The van der Waals surface area contributed by atoms with Gasteiger partial charge >= 0.3 is 0 Å². The van der Waals surface area contributed by atoms with E-state index in [0.717, 1.165) is 0 Å². The molecule has 0 unspecified atom stereocenters. The van der Waals surface area contributed by atoms with Gasteiger partial charge in [0.05, 0.1) is 10.6 Å². The fraction of sp³-hybridized carbons (Fsp3) is 0.235. The highest BCUT2D eigenvalue weighted by molar-refractivity contribution is 6.36. The second kappa shape index (κ2) is 6.28. The summed E-state index contributed by atoms with van der Waals surface area (Å²) < 4.78 is 0. The van der Waals surface area contributed by atoms with Crippen LogP contribution in [0.2, 0.25) is 5.02 Å². The molecular weight excluding hydrogens is 300 g/mol. The Labute approximate surface area is 134 Å². The number of amides is 1. The number of hydrogen-bond donors (Lipinski definition) is 1. The van der Waals surface area contributed by atoms with Crippen LogP contribution in [0.15, 0.2) is 42.6 Å². The minimum atomic E-state index is -0.600. The molecule has 1 aromatic heterocycles. The minimum absolute atomic E-state index is 0.182. The van der Waals surface area contributed by atoms with Gasteiger partial charge < -0.3 is 5.32 Å². The fourth-order valence-electron chi connectivity index (χ4n) is 1.78. The van der Waals surface area contributed by atoms with E-state index >= 15 is 0 Å². The van der Waals surface area contributed by atoms with Crippen LogP contribution < -0.4 is 5.32 Å². The normalized spacial score (nSPS) is 11.1. The maximum absolute atomic E-state index is 12.6. The molecule has 0 saturated heterocycles. The Morgan fingerprint density at radius 2 is 1.73 bits per heavy atom. The highest BCUT2D eigenvalue weighted by atomic mass is 35.5. The second-order valence-electron chi connectivity index (χ2n) is 5.92. The molecule has 0 atom stereocenters. The van der Waals surface area contributed by atoms with Crippen molar-refractivity contribution in [2.75, 3.05) is 5.32 Å². The van der Waals surface area contributed by atoms with Crippen molar-refractivity contribution in [1.29, 1.82) is 0 Å². The number of ketones is 1. The number of nitrogens with one attached hydrogen (secondary N) is 1. The van der Waals surface area contributed by atoms with Gasteiger partial charge in [-0.25, -0.2) is 4.98 Å². The lowest BCUT2D eigenvalue weighted by Crippen LogP contribution is -2.29. The maximum Gasteiger partial charge on any atom is 0.230 e. The number of carbonyl (C=O) groups excluding carboxylic acids is 2. The maximum atomic E-state index is 12.6. The van der Waals surface area contributed by atoms with E-state index in [-0.39, 0.29) is 28.1 Å². The number of pyridine rings is 1. The topological polar surface area (TPSA) is 59.1 Å². The number of aromatic nitrogens is 1. The van der Waals surface area contributed by atoms with Crippen LogP contribution in [-0.4, -0.2) is 16.7 Å². The lowest BCUT2D eigenvalue weighted by Gasteiger charge is -2.18. The molecule has 0 radical (unpaired) electrons. The molecule has 2 rings (SSSR count). The van der Waals surface area contributed by atoms with E-state index in [1.165, 1.54) is 12.3 Å². The zero-order valence-corrected chi connectivity index (χ0v) is 13.4. The summed E-state index contributed by atoms with van der Waals surface area (Å²) in [5.41, 5.74) is 0.0912. The lowest BCUT2D eigenvalue weighted by atomic mass is 9.95. The van der Waals surface area contributed by atoms with Gasteiger partial charge in [-0.2, -0.15) is 0 Å². The first-order chi connectivity index (χ1) is 10.3. The molecule has 0 aliphatic rings. The van der Waals surface area contributed by atoms with Crippen LogP contribution in [0.5, 0.6) is 0 Å². The quantitative estimate of drug-likeness (QED) is 0.872. The van der Waals surface area contributed by atoms with Gasteiger partial charge in [-0.05, 0) is 6.07 Å². The Kier molecular flexibility index (Phi) is 4.62. The molecule has 1 aromatic carbocycles. The van der Waals surface area contributed by atoms with E-state index in [2.05, 4.69) is 10.3 Å². The van der Waals surface area contributed by atoms with Crippen molar-refractivity contribution < 1.29 is 9.59 Å². The van der Waals surface area contributed by atoms with Crippen LogP contribution in [0, 0.1) is 5.41 Å². The number of benzene rings is 1. The SMILES string of the molecule is CC(C)(C)C(=O)Nc1nccc(Cl)c1C(=O)c1ccccc1. The van der Waals surface area contributed by atoms with Gasteiger partial charge in [0.2, 0.25) is 5.91 Å². The van der Waals surface area contributed by atoms with Crippen LogP contribution in [-0.2, 0) is 4.79 Å². The fourth-order valence-corrected chi connectivity index (χ4v) is 2.01. The van der Waals surface area contributed by atoms with Crippen LogP contribution in [0.1, 0.15) is 36.7 Å². The molecule has 0 saturated carbocycles. The third-order valence-electron chi connectivity index (χ3n) is 3.08. The van der Waals surface area contributed by atoms with Gasteiger partial charge in [0, 0.05) is 17.2 Å². The molecule has 5 heteroatoms. The number of rotatable bonds is 3. The average Bonchev–Trinajstić information content (AvgIpc) is 2.47. The third-order valence-corrected chi connectivity index (χ3v) is 3.39. The van der Waals surface area contributed by atoms with Crippen LogP contribution in [0.25, 0.3) is 0 Å². The van der Waals surface area contributed by atoms with Crippen molar-refractivity contribution in [2.45, 2.75) is 20.8 Å². The lowest BCUT2D eigenvalue weighted by molar-refractivity contribution is -0.123. The molecule has 0 aliphatic carbocycles. The van der Waals surface area contributed by atoms with E-state index in [1.54, 1.807) is 45.0 Å². The number of anilines is 1. The molecule has 0 aliphatic heterocycles. The summed E-state index contributed by atoms with van der Waals surface area (Å²) in [7, 11) is 0. The monoisotopic (exact) mass is 316 g/mol. The van der Waals surface area contributed by atoms with E-state index in [9.17, 15) is 9.59 Å². The van der Waals surface area contributed by atoms with E-state index in [1.807, 2.05) is 6.07 Å². The van der Waals surface area contributed by atoms with Gasteiger partial charge in [0.1, 0.15) is 5.82 Å². The summed E-state index contributed by atoms with van der Waals surface area (Å²) in [4.78, 5) is 28.9.